The fraction of sp³-hybridized carbons (Fsp3) is 0.174. The maximum atomic E-state index is 6.14. The summed E-state index contributed by atoms with van der Waals surface area (Å²) >= 11 is 12.2. The summed E-state index contributed by atoms with van der Waals surface area (Å²) in [7, 11) is 0. The average molecular weight is 429 g/mol. The Labute approximate surface area is 181 Å². The second kappa shape index (κ2) is 10.2. The van der Waals surface area contributed by atoms with Gasteiger partial charge >= 0.3 is 0 Å². The van der Waals surface area contributed by atoms with E-state index >= 15 is 0 Å². The highest BCUT2D eigenvalue weighted by molar-refractivity contribution is 6.31. The molecule has 0 radical (unpaired) electrons. The highest BCUT2D eigenvalue weighted by Gasteiger charge is 2.07. The molecule has 0 bridgehead atoms. The van der Waals surface area contributed by atoms with E-state index in [1.807, 2.05) is 74.5 Å². The van der Waals surface area contributed by atoms with Crippen molar-refractivity contribution < 1.29 is 9.47 Å². The summed E-state index contributed by atoms with van der Waals surface area (Å²) in [5, 5.41) is 5.66. The van der Waals surface area contributed by atoms with E-state index in [0.29, 0.717) is 34.8 Å². The number of nitrogens with zero attached hydrogens (tertiary/aromatic N) is 1. The van der Waals surface area contributed by atoms with E-state index in [1.165, 1.54) is 0 Å². The molecular formula is C23H22Cl2N2O2. The molecule has 0 saturated heterocycles. The van der Waals surface area contributed by atoms with Gasteiger partial charge in [-0.1, -0.05) is 41.4 Å². The smallest absolute Gasteiger partial charge is 0.161 e. The maximum Gasteiger partial charge on any atom is 0.161 e. The van der Waals surface area contributed by atoms with Gasteiger partial charge in [-0.3, -0.25) is 5.43 Å². The van der Waals surface area contributed by atoms with Crippen LogP contribution in [0.5, 0.6) is 11.5 Å². The number of rotatable bonds is 8. The van der Waals surface area contributed by atoms with Gasteiger partial charge in [0.25, 0.3) is 0 Å². The molecule has 1 N–H and O–H groups in total. The van der Waals surface area contributed by atoms with Crippen LogP contribution in [-0.4, -0.2) is 12.8 Å². The van der Waals surface area contributed by atoms with E-state index in [0.717, 1.165) is 22.4 Å². The first-order valence-corrected chi connectivity index (χ1v) is 10.00. The molecule has 0 heterocycles. The van der Waals surface area contributed by atoms with E-state index in [1.54, 1.807) is 6.21 Å². The number of hydrogen-bond donors (Lipinski definition) is 1. The van der Waals surface area contributed by atoms with E-state index in [-0.39, 0.29) is 0 Å². The van der Waals surface area contributed by atoms with Crippen LogP contribution >= 0.6 is 23.2 Å². The zero-order chi connectivity index (χ0) is 20.6. The van der Waals surface area contributed by atoms with Gasteiger partial charge in [-0.05, 0) is 73.0 Å². The molecule has 0 aliphatic carbocycles. The number of anilines is 1. The highest BCUT2D eigenvalue weighted by Crippen LogP contribution is 2.29. The van der Waals surface area contributed by atoms with Crippen LogP contribution in [0.15, 0.2) is 65.8 Å². The van der Waals surface area contributed by atoms with Crippen molar-refractivity contribution in [2.45, 2.75) is 20.5 Å². The molecule has 0 aliphatic rings. The topological polar surface area (TPSA) is 42.8 Å². The summed E-state index contributed by atoms with van der Waals surface area (Å²) in [4.78, 5) is 0. The lowest BCUT2D eigenvalue weighted by atomic mass is 10.2. The number of nitrogens with one attached hydrogen (secondary N) is 1. The van der Waals surface area contributed by atoms with Gasteiger partial charge in [0.1, 0.15) is 6.61 Å². The zero-order valence-corrected chi connectivity index (χ0v) is 17.8. The molecule has 3 aromatic carbocycles. The van der Waals surface area contributed by atoms with Crippen LogP contribution in [0.1, 0.15) is 23.6 Å². The summed E-state index contributed by atoms with van der Waals surface area (Å²) in [6.07, 6.45) is 1.72. The predicted octanol–water partition coefficient (Wildman–Crippen LogP) is 6.73. The van der Waals surface area contributed by atoms with Gasteiger partial charge in [0.2, 0.25) is 0 Å². The van der Waals surface area contributed by atoms with Crippen molar-refractivity contribution in [2.24, 2.45) is 5.10 Å². The molecule has 3 rings (SSSR count). The van der Waals surface area contributed by atoms with Gasteiger partial charge in [0, 0.05) is 10.0 Å². The largest absolute Gasteiger partial charge is 0.490 e. The third kappa shape index (κ3) is 6.14. The Morgan fingerprint density at radius 1 is 0.966 bits per heavy atom. The number of benzene rings is 3. The fourth-order valence-corrected chi connectivity index (χ4v) is 3.02. The lowest BCUT2D eigenvalue weighted by Gasteiger charge is -2.13. The molecule has 6 heteroatoms. The van der Waals surface area contributed by atoms with Crippen molar-refractivity contribution in [3.8, 4) is 11.5 Å². The van der Waals surface area contributed by atoms with Crippen LogP contribution in [0.3, 0.4) is 0 Å². The van der Waals surface area contributed by atoms with Gasteiger partial charge in [0.15, 0.2) is 11.5 Å². The summed E-state index contributed by atoms with van der Waals surface area (Å²) in [6, 6.07) is 19.0. The lowest BCUT2D eigenvalue weighted by Crippen LogP contribution is -2.00. The summed E-state index contributed by atoms with van der Waals surface area (Å²) in [6.45, 7) is 4.84. The lowest BCUT2D eigenvalue weighted by molar-refractivity contribution is 0.269. The minimum Gasteiger partial charge on any atom is -0.490 e. The quantitative estimate of drug-likeness (QED) is 0.319. The molecule has 0 aromatic heterocycles. The molecule has 29 heavy (non-hydrogen) atoms. The van der Waals surface area contributed by atoms with Crippen molar-refractivity contribution >= 4 is 35.1 Å². The van der Waals surface area contributed by atoms with Crippen LogP contribution in [0, 0.1) is 6.92 Å². The van der Waals surface area contributed by atoms with Crippen LogP contribution in [0.25, 0.3) is 0 Å². The number of halogens is 2. The Balaban J connectivity index is 1.68. The molecule has 0 fully saturated rings. The minimum absolute atomic E-state index is 0.407. The predicted molar refractivity (Wildman–Crippen MR) is 121 cm³/mol. The van der Waals surface area contributed by atoms with E-state index in [9.17, 15) is 0 Å². The standard InChI is InChI=1S/C23H22Cl2N2O2/c1-3-28-23-12-17(14-26-27-20-9-7-16(2)21(25)13-20)8-10-22(23)29-15-18-5-4-6-19(24)11-18/h4-14,27H,3,15H2,1-2H3/b26-14+. The molecule has 0 unspecified atom stereocenters. The van der Waals surface area contributed by atoms with E-state index < -0.39 is 0 Å². The van der Waals surface area contributed by atoms with Crippen molar-refractivity contribution in [2.75, 3.05) is 12.0 Å². The normalized spacial score (nSPS) is 10.9. The Morgan fingerprint density at radius 2 is 1.83 bits per heavy atom. The van der Waals surface area contributed by atoms with Crippen molar-refractivity contribution in [1.82, 2.24) is 0 Å². The first-order chi connectivity index (χ1) is 14.0. The summed E-state index contributed by atoms with van der Waals surface area (Å²) in [5.41, 5.74) is 6.70. The van der Waals surface area contributed by atoms with Crippen LogP contribution < -0.4 is 14.9 Å². The molecule has 0 aliphatic heterocycles. The Hall–Kier alpha value is -2.69. The van der Waals surface area contributed by atoms with E-state index in [2.05, 4.69) is 10.5 Å². The number of aryl methyl sites for hydroxylation is 1. The average Bonchev–Trinajstić information content (AvgIpc) is 2.70. The second-order valence-corrected chi connectivity index (χ2v) is 7.24. The number of ether oxygens (including phenoxy) is 2. The highest BCUT2D eigenvalue weighted by atomic mass is 35.5. The third-order valence-corrected chi connectivity index (χ3v) is 4.77. The van der Waals surface area contributed by atoms with Gasteiger partial charge < -0.3 is 9.47 Å². The fourth-order valence-electron chi connectivity index (χ4n) is 2.62. The molecule has 4 nitrogen and oxygen atoms in total. The first kappa shape index (κ1) is 21.0. The first-order valence-electron chi connectivity index (χ1n) is 9.24. The van der Waals surface area contributed by atoms with Crippen molar-refractivity contribution in [1.29, 1.82) is 0 Å². The van der Waals surface area contributed by atoms with Gasteiger partial charge in [0.05, 0.1) is 18.5 Å². The van der Waals surface area contributed by atoms with Gasteiger partial charge in [-0.25, -0.2) is 0 Å². The zero-order valence-electron chi connectivity index (χ0n) is 16.3. The molecule has 3 aromatic rings. The Bertz CT molecular complexity index is 1010. The third-order valence-electron chi connectivity index (χ3n) is 4.13. The molecule has 0 spiro atoms. The summed E-state index contributed by atoms with van der Waals surface area (Å²) in [5.74, 6) is 1.33. The van der Waals surface area contributed by atoms with Gasteiger partial charge in [-0.2, -0.15) is 5.10 Å². The van der Waals surface area contributed by atoms with Crippen LogP contribution in [0.2, 0.25) is 10.0 Å². The molecule has 0 atom stereocenters. The van der Waals surface area contributed by atoms with Crippen molar-refractivity contribution in [3.05, 3.63) is 87.4 Å². The van der Waals surface area contributed by atoms with Crippen LogP contribution in [0.4, 0.5) is 5.69 Å². The van der Waals surface area contributed by atoms with E-state index in [4.69, 9.17) is 32.7 Å². The molecular weight excluding hydrogens is 407 g/mol. The van der Waals surface area contributed by atoms with Gasteiger partial charge in [-0.15, -0.1) is 0 Å². The van der Waals surface area contributed by atoms with Crippen molar-refractivity contribution in [3.63, 3.8) is 0 Å². The Kier molecular flexibility index (Phi) is 7.39. The number of hydrazone groups is 1. The maximum absolute atomic E-state index is 6.14. The molecule has 0 amide bonds. The monoisotopic (exact) mass is 428 g/mol. The Morgan fingerprint density at radius 3 is 2.59 bits per heavy atom. The molecule has 0 saturated carbocycles. The molecule has 150 valence electrons. The SMILES string of the molecule is CCOc1cc(/C=N/Nc2ccc(C)c(Cl)c2)ccc1OCc1cccc(Cl)c1. The summed E-state index contributed by atoms with van der Waals surface area (Å²) < 4.78 is 11.7. The van der Waals surface area contributed by atoms with Crippen LogP contribution in [-0.2, 0) is 6.61 Å². The number of hydrogen-bond acceptors (Lipinski definition) is 4. The minimum atomic E-state index is 0.407. The second-order valence-electron chi connectivity index (χ2n) is 6.39.